The molecule has 3 aromatic rings. The zero-order valence-corrected chi connectivity index (χ0v) is 16.4. The monoisotopic (exact) mass is 389 g/mol. The van der Waals surface area contributed by atoms with E-state index in [2.05, 4.69) is 15.6 Å². The highest BCUT2D eigenvalue weighted by Gasteiger charge is 2.09. The van der Waals surface area contributed by atoms with Gasteiger partial charge in [-0.2, -0.15) is 0 Å². The highest BCUT2D eigenvalue weighted by atomic mass is 16.5. The van der Waals surface area contributed by atoms with Crippen molar-refractivity contribution < 1.29 is 14.3 Å². The number of nitrogens with zero attached hydrogens (tertiary/aromatic N) is 1. The van der Waals surface area contributed by atoms with E-state index in [1.807, 2.05) is 24.3 Å². The fraction of sp³-hybridized carbons (Fsp3) is 0.174. The van der Waals surface area contributed by atoms with Crippen molar-refractivity contribution in [2.45, 2.75) is 13.3 Å². The average Bonchev–Trinajstić information content (AvgIpc) is 2.74. The molecule has 148 valence electrons. The maximum Gasteiger partial charge on any atom is 0.257 e. The van der Waals surface area contributed by atoms with E-state index in [0.717, 1.165) is 23.4 Å². The Morgan fingerprint density at radius 2 is 1.72 bits per heavy atom. The average molecular weight is 389 g/mol. The van der Waals surface area contributed by atoms with Crippen LogP contribution >= 0.6 is 0 Å². The lowest BCUT2D eigenvalue weighted by molar-refractivity contribution is 0.101. The molecule has 1 heterocycles. The Balaban J connectivity index is 1.59. The van der Waals surface area contributed by atoms with Crippen LogP contribution in [0.25, 0.3) is 0 Å². The number of Topliss-reactive ketones (excluding diaryl/α,β-unsaturated/α-hetero) is 1. The number of ketones is 1. The van der Waals surface area contributed by atoms with E-state index in [1.165, 1.54) is 13.1 Å². The van der Waals surface area contributed by atoms with Crippen LogP contribution in [0, 0.1) is 0 Å². The number of carbonyl (C=O) groups excluding carboxylic acids is 2. The maximum absolute atomic E-state index is 12.5. The second-order valence-electron chi connectivity index (χ2n) is 6.54. The van der Waals surface area contributed by atoms with E-state index in [0.29, 0.717) is 23.4 Å². The highest BCUT2D eigenvalue weighted by molar-refractivity contribution is 6.04. The second kappa shape index (κ2) is 9.50. The lowest BCUT2D eigenvalue weighted by Gasteiger charge is -2.11. The lowest BCUT2D eigenvalue weighted by atomic mass is 10.1. The van der Waals surface area contributed by atoms with E-state index >= 15 is 0 Å². The largest absolute Gasteiger partial charge is 0.496 e. The smallest absolute Gasteiger partial charge is 0.257 e. The number of ether oxygens (including phenoxy) is 1. The molecule has 3 rings (SSSR count). The summed E-state index contributed by atoms with van der Waals surface area (Å²) in [5, 5.41) is 6.10. The summed E-state index contributed by atoms with van der Waals surface area (Å²) in [6.45, 7) is 2.19. The third-order valence-corrected chi connectivity index (χ3v) is 4.47. The Morgan fingerprint density at radius 1 is 0.966 bits per heavy atom. The van der Waals surface area contributed by atoms with Crippen LogP contribution in [-0.4, -0.2) is 30.3 Å². The Morgan fingerprint density at radius 3 is 2.45 bits per heavy atom. The van der Waals surface area contributed by atoms with Gasteiger partial charge in [0, 0.05) is 30.2 Å². The lowest BCUT2D eigenvalue weighted by Crippen LogP contribution is -2.13. The fourth-order valence-electron chi connectivity index (χ4n) is 2.90. The number of aromatic nitrogens is 1. The number of rotatable bonds is 8. The summed E-state index contributed by atoms with van der Waals surface area (Å²) in [6, 6.07) is 16.4. The Labute approximate surface area is 169 Å². The first kappa shape index (κ1) is 20.1. The van der Waals surface area contributed by atoms with Gasteiger partial charge in [-0.05, 0) is 55.3 Å². The van der Waals surface area contributed by atoms with Crippen molar-refractivity contribution in [3.05, 3.63) is 83.7 Å². The summed E-state index contributed by atoms with van der Waals surface area (Å²) in [4.78, 5) is 28.0. The number of methoxy groups -OCH3 is 1. The zero-order valence-electron chi connectivity index (χ0n) is 16.4. The van der Waals surface area contributed by atoms with Crippen molar-refractivity contribution in [1.82, 2.24) is 4.98 Å². The van der Waals surface area contributed by atoms with Crippen LogP contribution in [0.4, 0.5) is 11.4 Å². The van der Waals surface area contributed by atoms with Crippen LogP contribution in [0.5, 0.6) is 5.75 Å². The van der Waals surface area contributed by atoms with Crippen molar-refractivity contribution >= 4 is 23.1 Å². The van der Waals surface area contributed by atoms with Crippen LogP contribution in [0.2, 0.25) is 0 Å². The van der Waals surface area contributed by atoms with Crippen molar-refractivity contribution in [2.75, 3.05) is 24.3 Å². The molecule has 0 aliphatic rings. The fourth-order valence-corrected chi connectivity index (χ4v) is 2.90. The van der Waals surface area contributed by atoms with Gasteiger partial charge in [0.05, 0.1) is 18.4 Å². The summed E-state index contributed by atoms with van der Waals surface area (Å²) < 4.78 is 5.36. The third kappa shape index (κ3) is 5.42. The molecule has 0 saturated heterocycles. The minimum atomic E-state index is -0.263. The molecule has 6 nitrogen and oxygen atoms in total. The molecule has 0 saturated carbocycles. The maximum atomic E-state index is 12.5. The van der Waals surface area contributed by atoms with E-state index < -0.39 is 0 Å². The molecule has 0 atom stereocenters. The van der Waals surface area contributed by atoms with Gasteiger partial charge < -0.3 is 15.4 Å². The molecule has 0 aliphatic heterocycles. The molecule has 2 aromatic carbocycles. The van der Waals surface area contributed by atoms with E-state index in [-0.39, 0.29) is 11.7 Å². The number of anilines is 2. The number of amides is 1. The first-order chi connectivity index (χ1) is 14.1. The highest BCUT2D eigenvalue weighted by Crippen LogP contribution is 2.18. The SMILES string of the molecule is COc1ccccc1CCNc1cncc(C(=O)Nc2ccc(C(C)=O)cc2)c1. The molecule has 0 unspecified atom stereocenters. The second-order valence-corrected chi connectivity index (χ2v) is 6.54. The summed E-state index contributed by atoms with van der Waals surface area (Å²) in [5.74, 6) is 0.580. The third-order valence-electron chi connectivity index (χ3n) is 4.47. The predicted octanol–water partition coefficient (Wildman–Crippen LogP) is 4.20. The Bertz CT molecular complexity index is 1000. The Hall–Kier alpha value is -3.67. The number of carbonyl (C=O) groups is 2. The molecule has 1 amide bonds. The van der Waals surface area contributed by atoms with Crippen LogP contribution in [-0.2, 0) is 6.42 Å². The van der Waals surface area contributed by atoms with Crippen LogP contribution in [0.15, 0.2) is 67.0 Å². The summed E-state index contributed by atoms with van der Waals surface area (Å²) in [6.07, 6.45) is 3.98. The molecule has 0 spiro atoms. The summed E-state index contributed by atoms with van der Waals surface area (Å²) >= 11 is 0. The van der Waals surface area contributed by atoms with Crippen LogP contribution in [0.1, 0.15) is 33.2 Å². The van der Waals surface area contributed by atoms with Crippen molar-refractivity contribution in [1.29, 1.82) is 0 Å². The van der Waals surface area contributed by atoms with Gasteiger partial charge in [-0.25, -0.2) is 0 Å². The first-order valence-corrected chi connectivity index (χ1v) is 9.30. The van der Waals surface area contributed by atoms with Gasteiger partial charge in [-0.15, -0.1) is 0 Å². The molecule has 29 heavy (non-hydrogen) atoms. The molecular weight excluding hydrogens is 366 g/mol. The number of hydrogen-bond acceptors (Lipinski definition) is 5. The first-order valence-electron chi connectivity index (χ1n) is 9.30. The van der Waals surface area contributed by atoms with E-state index in [9.17, 15) is 9.59 Å². The van der Waals surface area contributed by atoms with Crippen LogP contribution in [0.3, 0.4) is 0 Å². The van der Waals surface area contributed by atoms with Gasteiger partial charge >= 0.3 is 0 Å². The minimum Gasteiger partial charge on any atom is -0.496 e. The van der Waals surface area contributed by atoms with Gasteiger partial charge in [-0.3, -0.25) is 14.6 Å². The van der Waals surface area contributed by atoms with Gasteiger partial charge in [-0.1, -0.05) is 18.2 Å². The Kier molecular flexibility index (Phi) is 6.58. The van der Waals surface area contributed by atoms with Crippen LogP contribution < -0.4 is 15.4 Å². The topological polar surface area (TPSA) is 80.3 Å². The van der Waals surface area contributed by atoms with Crippen molar-refractivity contribution in [3.8, 4) is 5.75 Å². The molecule has 1 aromatic heterocycles. The van der Waals surface area contributed by atoms with E-state index in [4.69, 9.17) is 4.74 Å². The number of nitrogens with one attached hydrogen (secondary N) is 2. The van der Waals surface area contributed by atoms with Crippen molar-refractivity contribution in [2.24, 2.45) is 0 Å². The quantitative estimate of drug-likeness (QED) is 0.565. The molecule has 0 bridgehead atoms. The van der Waals surface area contributed by atoms with Gasteiger partial charge in [0.2, 0.25) is 0 Å². The molecule has 0 fully saturated rings. The molecule has 2 N–H and O–H groups in total. The zero-order chi connectivity index (χ0) is 20.6. The molecular formula is C23H23N3O3. The standard InChI is InChI=1S/C23H23N3O3/c1-16(27)17-7-9-20(10-8-17)26-23(28)19-13-21(15-24-14-19)25-12-11-18-5-3-4-6-22(18)29-2/h3-10,13-15,25H,11-12H2,1-2H3,(H,26,28). The molecule has 0 aliphatic carbocycles. The van der Waals surface area contributed by atoms with Gasteiger partial charge in [0.15, 0.2) is 5.78 Å². The summed E-state index contributed by atoms with van der Waals surface area (Å²) in [5.41, 5.74) is 3.54. The predicted molar refractivity (Wildman–Crippen MR) is 114 cm³/mol. The molecule has 6 heteroatoms. The van der Waals surface area contributed by atoms with Gasteiger partial charge in [0.1, 0.15) is 5.75 Å². The van der Waals surface area contributed by atoms with Gasteiger partial charge in [0.25, 0.3) is 5.91 Å². The number of pyridine rings is 1. The number of hydrogen-bond donors (Lipinski definition) is 2. The van der Waals surface area contributed by atoms with Crippen molar-refractivity contribution in [3.63, 3.8) is 0 Å². The normalized spacial score (nSPS) is 10.3. The number of para-hydroxylation sites is 1. The molecule has 0 radical (unpaired) electrons. The van der Waals surface area contributed by atoms with E-state index in [1.54, 1.807) is 43.6 Å². The minimum absolute atomic E-state index is 0.0148. The summed E-state index contributed by atoms with van der Waals surface area (Å²) in [7, 11) is 1.66. The number of benzene rings is 2.